The Kier molecular flexibility index (Phi) is 4.72. The number of hydrogen-bond donors (Lipinski definition) is 1. The number of nitrogens with one attached hydrogen (secondary N) is 1. The number of aromatic nitrogens is 2. The van der Waals surface area contributed by atoms with Gasteiger partial charge >= 0.3 is 0 Å². The molecule has 0 aliphatic rings. The first-order valence-corrected chi connectivity index (χ1v) is 6.46. The largest absolute Gasteiger partial charge is 0.338 e. The van der Waals surface area contributed by atoms with Crippen LogP contribution in [0.25, 0.3) is 0 Å². The molecule has 1 aromatic carbocycles. The van der Waals surface area contributed by atoms with Crippen LogP contribution in [0.3, 0.4) is 0 Å². The van der Waals surface area contributed by atoms with Gasteiger partial charge < -0.3 is 5.32 Å². The average molecular weight is 311 g/mol. The van der Waals surface area contributed by atoms with Crippen LogP contribution in [0.2, 0.25) is 10.3 Å². The standard InChI is InChI=1S/C13H9Cl2FN4/c14-10-6-9(4-3-8(10)2-1-5-17)19-12-11(16)7-18-13(15)20-12/h3-4,6-7H,1-2H2,(H,18,19,20). The van der Waals surface area contributed by atoms with Crippen molar-refractivity contribution in [2.45, 2.75) is 12.8 Å². The zero-order valence-corrected chi connectivity index (χ0v) is 11.7. The molecule has 2 rings (SSSR count). The van der Waals surface area contributed by atoms with Crippen LogP contribution in [0.1, 0.15) is 12.0 Å². The number of aryl methyl sites for hydroxylation is 1. The summed E-state index contributed by atoms with van der Waals surface area (Å²) >= 11 is 11.7. The predicted molar refractivity (Wildman–Crippen MR) is 75.7 cm³/mol. The zero-order chi connectivity index (χ0) is 14.5. The van der Waals surface area contributed by atoms with Crippen LogP contribution in [0.4, 0.5) is 15.9 Å². The monoisotopic (exact) mass is 310 g/mol. The van der Waals surface area contributed by atoms with Gasteiger partial charge in [-0.25, -0.2) is 9.37 Å². The van der Waals surface area contributed by atoms with Gasteiger partial charge in [0.25, 0.3) is 0 Å². The van der Waals surface area contributed by atoms with Gasteiger partial charge in [0, 0.05) is 17.1 Å². The van der Waals surface area contributed by atoms with E-state index in [1.54, 1.807) is 18.2 Å². The number of anilines is 2. The van der Waals surface area contributed by atoms with E-state index >= 15 is 0 Å². The van der Waals surface area contributed by atoms with Crippen molar-refractivity contribution in [3.8, 4) is 6.07 Å². The number of hydrogen-bond acceptors (Lipinski definition) is 4. The second-order valence-corrected chi connectivity index (χ2v) is 4.67. The van der Waals surface area contributed by atoms with E-state index in [1.165, 1.54) is 0 Å². The Hall–Kier alpha value is -1.90. The van der Waals surface area contributed by atoms with E-state index < -0.39 is 5.82 Å². The van der Waals surface area contributed by atoms with Crippen molar-refractivity contribution in [2.24, 2.45) is 0 Å². The van der Waals surface area contributed by atoms with Gasteiger partial charge in [0.2, 0.25) is 5.28 Å². The third-order valence-electron chi connectivity index (χ3n) is 2.54. The molecule has 1 heterocycles. The highest BCUT2D eigenvalue weighted by Gasteiger charge is 2.08. The highest BCUT2D eigenvalue weighted by Crippen LogP contribution is 2.25. The van der Waals surface area contributed by atoms with Crippen LogP contribution in [-0.4, -0.2) is 9.97 Å². The molecule has 1 N–H and O–H groups in total. The topological polar surface area (TPSA) is 61.6 Å². The summed E-state index contributed by atoms with van der Waals surface area (Å²) in [6.07, 6.45) is 1.95. The summed E-state index contributed by atoms with van der Waals surface area (Å²) in [7, 11) is 0. The van der Waals surface area contributed by atoms with Crippen molar-refractivity contribution in [3.05, 3.63) is 46.1 Å². The maximum atomic E-state index is 13.5. The molecule has 0 spiro atoms. The van der Waals surface area contributed by atoms with Crippen molar-refractivity contribution in [1.82, 2.24) is 9.97 Å². The quantitative estimate of drug-likeness (QED) is 0.863. The lowest BCUT2D eigenvalue weighted by molar-refractivity contribution is 0.619. The molecule has 0 unspecified atom stereocenters. The summed E-state index contributed by atoms with van der Waals surface area (Å²) in [5.74, 6) is -0.634. The first-order chi connectivity index (χ1) is 9.60. The number of nitrogens with zero attached hydrogens (tertiary/aromatic N) is 3. The molecule has 0 saturated heterocycles. The number of rotatable bonds is 4. The van der Waals surface area contributed by atoms with Gasteiger partial charge in [-0.3, -0.25) is 0 Å². The first kappa shape index (κ1) is 14.5. The van der Waals surface area contributed by atoms with Crippen molar-refractivity contribution in [2.75, 3.05) is 5.32 Å². The lowest BCUT2D eigenvalue weighted by Gasteiger charge is -2.09. The molecule has 0 bridgehead atoms. The highest BCUT2D eigenvalue weighted by molar-refractivity contribution is 6.31. The van der Waals surface area contributed by atoms with E-state index in [9.17, 15) is 4.39 Å². The Morgan fingerprint density at radius 3 is 2.85 bits per heavy atom. The molecule has 0 atom stereocenters. The fourth-order valence-corrected chi connectivity index (χ4v) is 2.00. The van der Waals surface area contributed by atoms with Gasteiger partial charge in [-0.1, -0.05) is 17.7 Å². The minimum Gasteiger partial charge on any atom is -0.338 e. The van der Waals surface area contributed by atoms with Crippen LogP contribution in [0.5, 0.6) is 0 Å². The summed E-state index contributed by atoms with van der Waals surface area (Å²) < 4.78 is 13.5. The van der Waals surface area contributed by atoms with E-state index in [4.69, 9.17) is 28.5 Å². The average Bonchev–Trinajstić information content (AvgIpc) is 2.42. The minimum absolute atomic E-state index is 0.0224. The van der Waals surface area contributed by atoms with Crippen molar-refractivity contribution in [1.29, 1.82) is 5.26 Å². The number of nitriles is 1. The normalized spacial score (nSPS) is 10.1. The summed E-state index contributed by atoms with van der Waals surface area (Å²) in [6.45, 7) is 0. The Bertz CT molecular complexity index is 670. The summed E-state index contributed by atoms with van der Waals surface area (Å²) in [6, 6.07) is 7.21. The van der Waals surface area contributed by atoms with Crippen LogP contribution in [0.15, 0.2) is 24.4 Å². The van der Waals surface area contributed by atoms with E-state index in [1.807, 2.05) is 0 Å². The molecule has 0 aliphatic heterocycles. The predicted octanol–water partition coefficient (Wildman–Crippen LogP) is 4.12. The first-order valence-electron chi connectivity index (χ1n) is 5.70. The molecule has 0 radical (unpaired) electrons. The SMILES string of the molecule is N#CCCc1ccc(Nc2nc(Cl)ncc2F)cc1Cl. The fraction of sp³-hybridized carbons (Fsp3) is 0.154. The van der Waals surface area contributed by atoms with E-state index in [-0.39, 0.29) is 11.1 Å². The van der Waals surface area contributed by atoms with Gasteiger partial charge in [-0.2, -0.15) is 10.2 Å². The van der Waals surface area contributed by atoms with Crippen molar-refractivity contribution >= 4 is 34.7 Å². The van der Waals surface area contributed by atoms with Crippen molar-refractivity contribution in [3.63, 3.8) is 0 Å². The Balaban J connectivity index is 2.20. The molecular weight excluding hydrogens is 302 g/mol. The number of benzene rings is 1. The Labute approximate surface area is 125 Å². The van der Waals surface area contributed by atoms with Gasteiger partial charge in [0.05, 0.1) is 12.3 Å². The third kappa shape index (κ3) is 3.56. The molecule has 0 saturated carbocycles. The lowest BCUT2D eigenvalue weighted by Crippen LogP contribution is -1.99. The second kappa shape index (κ2) is 6.51. The van der Waals surface area contributed by atoms with Gasteiger partial charge in [-0.15, -0.1) is 0 Å². The fourth-order valence-electron chi connectivity index (χ4n) is 1.59. The van der Waals surface area contributed by atoms with Crippen LogP contribution >= 0.6 is 23.2 Å². The van der Waals surface area contributed by atoms with E-state index in [0.717, 1.165) is 11.8 Å². The summed E-state index contributed by atoms with van der Waals surface area (Å²) in [4.78, 5) is 7.28. The molecule has 102 valence electrons. The summed E-state index contributed by atoms with van der Waals surface area (Å²) in [5.41, 5.74) is 1.43. The third-order valence-corrected chi connectivity index (χ3v) is 3.07. The molecular formula is C13H9Cl2FN4. The molecule has 4 nitrogen and oxygen atoms in total. The summed E-state index contributed by atoms with van der Waals surface area (Å²) in [5, 5.41) is 11.8. The molecule has 0 aliphatic carbocycles. The van der Waals surface area contributed by atoms with Crippen LogP contribution < -0.4 is 5.32 Å². The smallest absolute Gasteiger partial charge is 0.224 e. The molecule has 20 heavy (non-hydrogen) atoms. The highest BCUT2D eigenvalue weighted by atomic mass is 35.5. The zero-order valence-electron chi connectivity index (χ0n) is 10.2. The molecule has 2 aromatic rings. The van der Waals surface area contributed by atoms with Crippen molar-refractivity contribution < 1.29 is 4.39 Å². The lowest BCUT2D eigenvalue weighted by atomic mass is 10.1. The Morgan fingerprint density at radius 1 is 1.35 bits per heavy atom. The van der Waals surface area contributed by atoms with Gasteiger partial charge in [0.15, 0.2) is 11.6 Å². The van der Waals surface area contributed by atoms with Crippen LogP contribution in [0, 0.1) is 17.1 Å². The number of halogens is 3. The maximum absolute atomic E-state index is 13.5. The molecule has 0 fully saturated rings. The Morgan fingerprint density at radius 2 is 2.15 bits per heavy atom. The molecule has 1 aromatic heterocycles. The van der Waals surface area contributed by atoms with E-state index in [2.05, 4.69) is 21.4 Å². The second-order valence-electron chi connectivity index (χ2n) is 3.92. The molecule has 7 heteroatoms. The van der Waals surface area contributed by atoms with E-state index in [0.29, 0.717) is 23.6 Å². The van der Waals surface area contributed by atoms with Gasteiger partial charge in [-0.05, 0) is 35.7 Å². The minimum atomic E-state index is -0.612. The maximum Gasteiger partial charge on any atom is 0.224 e. The van der Waals surface area contributed by atoms with Gasteiger partial charge in [0.1, 0.15) is 0 Å². The molecule has 0 amide bonds. The van der Waals surface area contributed by atoms with Crippen LogP contribution in [-0.2, 0) is 6.42 Å².